The normalized spacial score (nSPS) is 1.50. The monoisotopic (exact) mass is 148 g/mol. The summed E-state index contributed by atoms with van der Waals surface area (Å²) in [5.74, 6) is 0. The Morgan fingerprint density at radius 2 is 1.25 bits per heavy atom. The first-order valence-electron chi connectivity index (χ1n) is 0.378. The fourth-order valence-corrected chi connectivity index (χ4v) is 0. The molecule has 0 bridgehead atoms. The van der Waals surface area contributed by atoms with E-state index in [1.165, 1.54) is 6.38 Å². The first kappa shape index (κ1) is 17.3. The topological polar surface area (TPSA) is 0 Å². The Bertz CT molecular complexity index is 8.00. The van der Waals surface area contributed by atoms with Crippen molar-refractivity contribution in [3.8, 4) is 0 Å². The van der Waals surface area contributed by atoms with E-state index in [0.717, 1.165) is 0 Å². The summed E-state index contributed by atoms with van der Waals surface area (Å²) in [5, 5.41) is 0. The molecule has 0 aliphatic rings. The molecule has 0 unspecified atom stereocenters. The van der Waals surface area contributed by atoms with Crippen LogP contribution in [0.4, 0.5) is 0 Å². The van der Waals surface area contributed by atoms with E-state index < -0.39 is 0 Å². The van der Waals surface area contributed by atoms with Gasteiger partial charge in [-0.3, -0.25) is 0 Å². The van der Waals surface area contributed by atoms with Gasteiger partial charge in [0.25, 0.3) is 0 Å². The molecule has 3 heteroatoms. The van der Waals surface area contributed by atoms with Crippen LogP contribution in [-0.4, -0.2) is 49.2 Å². The van der Waals surface area contributed by atoms with Crippen molar-refractivity contribution < 1.29 is 0 Å². The minimum atomic E-state index is 0. The van der Waals surface area contributed by atoms with Crippen LogP contribution in [0.15, 0.2) is 0 Å². The van der Waals surface area contributed by atoms with Gasteiger partial charge in [0.15, 0.2) is 0 Å². The van der Waals surface area contributed by atoms with Gasteiger partial charge in [-0.25, -0.2) is 0 Å². The van der Waals surface area contributed by atoms with Gasteiger partial charge in [0.05, 0.1) is 0 Å². The average molecular weight is 150 g/mol. The van der Waals surface area contributed by atoms with Gasteiger partial charge in [-0.2, -0.15) is 0 Å². The molecule has 0 atom stereocenters. The third kappa shape index (κ3) is 9.34. The Kier molecular flexibility index (Phi) is 96.5. The molecule has 0 rings (SSSR count). The smallest absolute Gasteiger partial charge is 0.316 e. The number of hydrogen-bond donors (Lipinski definition) is 0. The summed E-state index contributed by atoms with van der Waals surface area (Å²) in [7, 11) is 0. The van der Waals surface area contributed by atoms with Crippen molar-refractivity contribution in [2.75, 3.05) is 6.38 Å². The average Bonchev–Trinajstić information content (AvgIpc) is 1.00. The van der Waals surface area contributed by atoms with Crippen LogP contribution >= 0.6 is 11.6 Å². The van der Waals surface area contributed by atoms with Crippen molar-refractivity contribution >= 4 is 54.4 Å². The van der Waals surface area contributed by atoms with Gasteiger partial charge < -0.3 is 0 Å². The summed E-state index contributed by atoms with van der Waals surface area (Å²) >= 11 is 4.64. The van der Waals surface area contributed by atoms with Crippen LogP contribution in [0.5, 0.6) is 0 Å². The Hall–Kier alpha value is 1.69. The predicted molar refractivity (Wildman–Crippen MR) is 30.3 cm³/mol. The van der Waals surface area contributed by atoms with Gasteiger partial charge >= 0.3 is 42.8 Å². The molecule has 0 aromatic heterocycles. The van der Waals surface area contributed by atoms with Crippen molar-refractivity contribution in [2.24, 2.45) is 0 Å². The Balaban J connectivity index is -0.00000000500. The molecular weight excluding hydrogens is 141 g/mol. The standard InChI is InChI=1S/CH3Cl.Ga.Mg.5H/c1-2;;;;;;;/h1H3;;;;;;;. The number of alkyl halides is 1. The third-order valence-corrected chi connectivity index (χ3v) is 0. The molecule has 0 aromatic carbocycles. The molecule has 0 spiro atoms. The molecule has 0 nitrogen and oxygen atoms in total. The molecule has 0 aliphatic heterocycles. The van der Waals surface area contributed by atoms with Crippen LogP contribution < -0.4 is 0 Å². The largest absolute Gasteiger partial charge is 0.316 e. The van der Waals surface area contributed by atoms with E-state index in [2.05, 4.69) is 11.6 Å². The van der Waals surface area contributed by atoms with Crippen molar-refractivity contribution in [1.82, 2.24) is 0 Å². The molecule has 4 heavy (non-hydrogen) atoms. The molecule has 0 aromatic rings. The zero-order valence-corrected chi connectivity index (χ0v) is 2.13. The molecular formula is CH8ClGaMg. The zero-order valence-electron chi connectivity index (χ0n) is 1.38. The van der Waals surface area contributed by atoms with Crippen molar-refractivity contribution in [3.63, 3.8) is 0 Å². The van der Waals surface area contributed by atoms with E-state index in [1.54, 1.807) is 0 Å². The number of hydrogen-bond acceptors (Lipinski definition) is 0. The molecule has 0 saturated heterocycles. The minimum absolute atomic E-state index is 0. The quantitative estimate of drug-likeness (QED) is 0.299. The van der Waals surface area contributed by atoms with Crippen LogP contribution in [0.3, 0.4) is 0 Å². The Morgan fingerprint density at radius 3 is 1.25 bits per heavy atom. The van der Waals surface area contributed by atoms with Crippen LogP contribution in [-0.2, 0) is 0 Å². The van der Waals surface area contributed by atoms with Crippen LogP contribution in [0.25, 0.3) is 0 Å². The van der Waals surface area contributed by atoms with Crippen molar-refractivity contribution in [2.45, 2.75) is 0 Å². The van der Waals surface area contributed by atoms with Crippen LogP contribution in [0, 0.1) is 0 Å². The molecule has 0 radical (unpaired) electrons. The summed E-state index contributed by atoms with van der Waals surface area (Å²) in [4.78, 5) is 0. The first-order valence-corrected chi connectivity index (χ1v) is 1.13. The summed E-state index contributed by atoms with van der Waals surface area (Å²) in [6.45, 7) is 0. The van der Waals surface area contributed by atoms with Crippen LogP contribution in [0.2, 0.25) is 0 Å². The number of halogens is 1. The summed E-state index contributed by atoms with van der Waals surface area (Å²) in [6.07, 6.45) is 1.47. The fraction of sp³-hybridized carbons (Fsp3) is 1.00. The second-order valence-corrected chi connectivity index (χ2v) is 0. The second-order valence-electron chi connectivity index (χ2n) is 0. The summed E-state index contributed by atoms with van der Waals surface area (Å²) in [5.41, 5.74) is 0. The fourth-order valence-electron chi connectivity index (χ4n) is 0. The minimum Gasteiger partial charge on any atom is 0.316 e. The van der Waals surface area contributed by atoms with E-state index in [0.29, 0.717) is 0 Å². The molecule has 0 saturated carbocycles. The van der Waals surface area contributed by atoms with Gasteiger partial charge in [0, 0.05) is 6.38 Å². The van der Waals surface area contributed by atoms with Gasteiger partial charge in [0.2, 0.25) is 0 Å². The van der Waals surface area contributed by atoms with Gasteiger partial charge in [0.1, 0.15) is 0 Å². The van der Waals surface area contributed by atoms with E-state index in [-0.39, 0.29) is 42.8 Å². The molecule has 0 heterocycles. The van der Waals surface area contributed by atoms with Crippen molar-refractivity contribution in [1.29, 1.82) is 0 Å². The van der Waals surface area contributed by atoms with E-state index in [4.69, 9.17) is 0 Å². The number of rotatable bonds is 0. The zero-order chi connectivity index (χ0) is 2.00. The Morgan fingerprint density at radius 1 is 1.25 bits per heavy atom. The maximum absolute atomic E-state index is 4.64. The molecule has 24 valence electrons. The van der Waals surface area contributed by atoms with Gasteiger partial charge in [-0.1, -0.05) is 0 Å². The van der Waals surface area contributed by atoms with Crippen LogP contribution in [0.1, 0.15) is 0 Å². The van der Waals surface area contributed by atoms with Gasteiger partial charge in [-0.15, -0.1) is 11.6 Å². The third-order valence-electron chi connectivity index (χ3n) is 0. The summed E-state index contributed by atoms with van der Waals surface area (Å²) < 4.78 is 0. The second kappa shape index (κ2) is 22.3. The predicted octanol–water partition coefficient (Wildman–Crippen LogP) is -1.25. The molecule has 0 aliphatic carbocycles. The van der Waals surface area contributed by atoms with E-state index >= 15 is 0 Å². The maximum Gasteiger partial charge on any atom is 0.316 e. The Labute approximate surface area is 60.5 Å². The molecule has 0 fully saturated rings. The SMILES string of the molecule is CCl.[GaH3].[MgH2]. The first-order chi connectivity index (χ1) is 1.00. The van der Waals surface area contributed by atoms with Gasteiger partial charge in [-0.05, 0) is 0 Å². The van der Waals surface area contributed by atoms with E-state index in [9.17, 15) is 0 Å². The molecule has 0 N–H and O–H groups in total. The summed E-state index contributed by atoms with van der Waals surface area (Å²) in [6, 6.07) is 0. The molecule has 0 amide bonds. The maximum atomic E-state index is 4.64. The van der Waals surface area contributed by atoms with E-state index in [1.807, 2.05) is 0 Å². The van der Waals surface area contributed by atoms with Crippen molar-refractivity contribution in [3.05, 3.63) is 0 Å².